The van der Waals surface area contributed by atoms with E-state index in [-0.39, 0.29) is 19.6 Å². The number of hydrogen-bond acceptors (Lipinski definition) is 11. The third-order valence-corrected chi connectivity index (χ3v) is 11.0. The van der Waals surface area contributed by atoms with Crippen LogP contribution in [0, 0.1) is 0 Å². The minimum atomic E-state index is -5.06. The quantitative estimate of drug-likeness (QED) is 0.0199. The molecule has 0 aliphatic carbocycles. The van der Waals surface area contributed by atoms with Crippen LogP contribution in [-0.4, -0.2) is 97.5 Å². The van der Waals surface area contributed by atoms with Gasteiger partial charge in [-0.1, -0.05) is 167 Å². The number of allylic oxidation sites excluding steroid dienone is 4. The molecular weight excluding hydrogens is 765 g/mol. The van der Waals surface area contributed by atoms with E-state index >= 15 is 0 Å². The molecule has 0 saturated carbocycles. The SMILES string of the molecule is CCCCCCC/C=C\C/C=C\CCCCCCCCCCCC(=O)OC(COCCCCCCCCCCCC)COC1OC(CO)C(O)C(OS(=O)(=O)O)C1O. The number of esters is 1. The number of ether oxygens (including phenoxy) is 4. The van der Waals surface area contributed by atoms with Crippen molar-refractivity contribution in [1.29, 1.82) is 0 Å². The molecule has 1 aliphatic heterocycles. The van der Waals surface area contributed by atoms with E-state index in [9.17, 15) is 28.5 Å². The molecule has 342 valence electrons. The first-order valence-electron chi connectivity index (χ1n) is 23.1. The van der Waals surface area contributed by atoms with Crippen molar-refractivity contribution < 1.29 is 56.2 Å². The van der Waals surface area contributed by atoms with Crippen LogP contribution in [0.1, 0.15) is 194 Å². The molecule has 12 nitrogen and oxygen atoms in total. The number of unbranched alkanes of at least 4 members (excludes halogenated alkanes) is 23. The summed E-state index contributed by atoms with van der Waals surface area (Å²) in [6.07, 6.45) is 32.1. The lowest BCUT2D eigenvalue weighted by Crippen LogP contribution is -2.60. The Morgan fingerprint density at radius 1 is 0.655 bits per heavy atom. The second kappa shape index (κ2) is 37.4. The molecule has 1 heterocycles. The summed E-state index contributed by atoms with van der Waals surface area (Å²) in [5.74, 6) is -0.402. The maximum atomic E-state index is 12.8. The average Bonchev–Trinajstić information content (AvgIpc) is 3.19. The Morgan fingerprint density at radius 3 is 1.64 bits per heavy atom. The molecule has 6 atom stereocenters. The summed E-state index contributed by atoms with van der Waals surface area (Å²) in [7, 11) is -5.06. The van der Waals surface area contributed by atoms with Gasteiger partial charge in [0.05, 0.1) is 19.8 Å². The van der Waals surface area contributed by atoms with Gasteiger partial charge in [0.25, 0.3) is 0 Å². The Balaban J connectivity index is 2.37. The molecule has 1 saturated heterocycles. The van der Waals surface area contributed by atoms with E-state index in [1.807, 2.05) is 0 Å². The van der Waals surface area contributed by atoms with Crippen molar-refractivity contribution in [1.82, 2.24) is 0 Å². The molecule has 1 aliphatic rings. The molecule has 0 amide bonds. The summed E-state index contributed by atoms with van der Waals surface area (Å²) in [6.45, 7) is 3.97. The first kappa shape index (κ1) is 54.6. The summed E-state index contributed by atoms with van der Waals surface area (Å²) in [6, 6.07) is 0. The van der Waals surface area contributed by atoms with Crippen molar-refractivity contribution in [3.05, 3.63) is 24.3 Å². The number of carbonyl (C=O) groups excluding carboxylic acids is 1. The first-order chi connectivity index (χ1) is 28.1. The van der Waals surface area contributed by atoms with E-state index in [0.717, 1.165) is 51.4 Å². The second-order valence-electron chi connectivity index (χ2n) is 16.0. The van der Waals surface area contributed by atoms with Crippen molar-refractivity contribution in [2.24, 2.45) is 0 Å². The summed E-state index contributed by atoms with van der Waals surface area (Å²) in [5.41, 5.74) is 0. The van der Waals surface area contributed by atoms with Gasteiger partial charge in [0.2, 0.25) is 0 Å². The summed E-state index contributed by atoms with van der Waals surface area (Å²) < 4.78 is 59.0. The van der Waals surface area contributed by atoms with Crippen LogP contribution in [0.2, 0.25) is 0 Å². The average molecular weight is 849 g/mol. The van der Waals surface area contributed by atoms with E-state index in [1.54, 1.807) is 0 Å². The molecular formula is C45H84O12S. The molecule has 1 fully saturated rings. The zero-order valence-corrected chi connectivity index (χ0v) is 37.2. The molecule has 0 aromatic rings. The topological polar surface area (TPSA) is 178 Å². The van der Waals surface area contributed by atoms with Gasteiger partial charge in [-0.3, -0.25) is 9.35 Å². The van der Waals surface area contributed by atoms with Crippen LogP contribution in [0.4, 0.5) is 0 Å². The molecule has 0 radical (unpaired) electrons. The largest absolute Gasteiger partial charge is 0.457 e. The van der Waals surface area contributed by atoms with E-state index in [2.05, 4.69) is 42.3 Å². The highest BCUT2D eigenvalue weighted by molar-refractivity contribution is 7.80. The van der Waals surface area contributed by atoms with Gasteiger partial charge in [-0.05, 0) is 44.9 Å². The van der Waals surface area contributed by atoms with Crippen LogP contribution in [0.15, 0.2) is 24.3 Å². The van der Waals surface area contributed by atoms with Gasteiger partial charge in [-0.15, -0.1) is 0 Å². The maximum Gasteiger partial charge on any atom is 0.397 e. The van der Waals surface area contributed by atoms with Gasteiger partial charge in [0, 0.05) is 13.0 Å². The van der Waals surface area contributed by atoms with Gasteiger partial charge in [-0.25, -0.2) is 4.18 Å². The number of hydrogen-bond donors (Lipinski definition) is 4. The van der Waals surface area contributed by atoms with E-state index in [4.69, 9.17) is 23.5 Å². The van der Waals surface area contributed by atoms with Crippen molar-refractivity contribution in [2.75, 3.05) is 26.4 Å². The molecule has 13 heteroatoms. The van der Waals surface area contributed by atoms with Crippen molar-refractivity contribution in [2.45, 2.75) is 230 Å². The standard InChI is InChI=1S/C45H84O12S/c1-3-5-7-9-11-13-15-16-17-18-19-20-21-22-23-24-25-26-28-30-32-34-41(47)55-39(37-53-35-33-31-29-27-14-12-10-8-6-4-2)38-54-45-43(49)44(57-58(50,51)52)42(48)40(36-46)56-45/h15-16,18-19,39-40,42-46,48-49H,3-14,17,20-38H2,1-2H3,(H,50,51,52)/b16-15-,19-18-. The zero-order valence-electron chi connectivity index (χ0n) is 36.4. The van der Waals surface area contributed by atoms with Gasteiger partial charge >= 0.3 is 16.4 Å². The fourth-order valence-electron chi connectivity index (χ4n) is 7.06. The van der Waals surface area contributed by atoms with Crippen LogP contribution >= 0.6 is 0 Å². The molecule has 0 aromatic carbocycles. The van der Waals surface area contributed by atoms with Crippen LogP contribution in [-0.2, 0) is 38.3 Å². The molecule has 0 aromatic heterocycles. The number of aliphatic hydroxyl groups excluding tert-OH is 3. The predicted molar refractivity (Wildman–Crippen MR) is 230 cm³/mol. The van der Waals surface area contributed by atoms with E-state index in [0.29, 0.717) is 13.0 Å². The van der Waals surface area contributed by atoms with Gasteiger partial charge in [-0.2, -0.15) is 8.42 Å². The smallest absolute Gasteiger partial charge is 0.397 e. The van der Waals surface area contributed by atoms with Gasteiger partial charge in [0.15, 0.2) is 6.29 Å². The molecule has 0 spiro atoms. The van der Waals surface area contributed by atoms with Crippen LogP contribution in [0.25, 0.3) is 0 Å². The number of aliphatic hydroxyl groups is 3. The van der Waals surface area contributed by atoms with Crippen molar-refractivity contribution >= 4 is 16.4 Å². The lowest BCUT2D eigenvalue weighted by molar-refractivity contribution is -0.301. The Kier molecular flexibility index (Phi) is 35.2. The first-order valence-corrected chi connectivity index (χ1v) is 24.5. The maximum absolute atomic E-state index is 12.8. The highest BCUT2D eigenvalue weighted by atomic mass is 32.3. The lowest BCUT2D eigenvalue weighted by Gasteiger charge is -2.41. The normalized spacial score (nSPS) is 20.7. The Morgan fingerprint density at radius 2 is 1.14 bits per heavy atom. The highest BCUT2D eigenvalue weighted by Crippen LogP contribution is 2.26. The van der Waals surface area contributed by atoms with Crippen molar-refractivity contribution in [3.63, 3.8) is 0 Å². The van der Waals surface area contributed by atoms with Crippen LogP contribution in [0.3, 0.4) is 0 Å². The Hall–Kier alpha value is -1.42. The minimum absolute atomic E-state index is 0.0376. The van der Waals surface area contributed by atoms with Crippen molar-refractivity contribution in [3.8, 4) is 0 Å². The van der Waals surface area contributed by atoms with E-state index in [1.165, 1.54) is 116 Å². The Labute approximate surface area is 352 Å². The number of carbonyl (C=O) groups is 1. The molecule has 4 N–H and O–H groups in total. The molecule has 6 unspecified atom stereocenters. The fraction of sp³-hybridized carbons (Fsp3) is 0.889. The zero-order chi connectivity index (χ0) is 42.5. The molecule has 0 bridgehead atoms. The van der Waals surface area contributed by atoms with Crippen LogP contribution in [0.5, 0.6) is 0 Å². The third kappa shape index (κ3) is 30.6. The van der Waals surface area contributed by atoms with E-state index < -0.39 is 59.8 Å². The fourth-order valence-corrected chi connectivity index (χ4v) is 7.56. The minimum Gasteiger partial charge on any atom is -0.457 e. The third-order valence-electron chi connectivity index (χ3n) is 10.6. The van der Waals surface area contributed by atoms with Crippen LogP contribution < -0.4 is 0 Å². The number of rotatable bonds is 40. The molecule has 58 heavy (non-hydrogen) atoms. The highest BCUT2D eigenvalue weighted by Gasteiger charge is 2.48. The lowest BCUT2D eigenvalue weighted by atomic mass is 9.99. The predicted octanol–water partition coefficient (Wildman–Crippen LogP) is 9.63. The summed E-state index contributed by atoms with van der Waals surface area (Å²) in [4.78, 5) is 12.8. The van der Waals surface area contributed by atoms with Gasteiger partial charge < -0.3 is 34.3 Å². The Bertz CT molecular complexity index is 1120. The van der Waals surface area contributed by atoms with Gasteiger partial charge in [0.1, 0.15) is 30.5 Å². The summed E-state index contributed by atoms with van der Waals surface area (Å²) >= 11 is 0. The molecule has 1 rings (SSSR count). The monoisotopic (exact) mass is 849 g/mol. The second-order valence-corrected chi connectivity index (χ2v) is 17.0. The summed E-state index contributed by atoms with van der Waals surface area (Å²) in [5, 5.41) is 30.6.